The fraction of sp³-hybridized carbons (Fsp3) is 0.444. The van der Waals surface area contributed by atoms with Crippen molar-refractivity contribution in [3.05, 3.63) is 52.9 Å². The molecule has 0 atom stereocenters. The van der Waals surface area contributed by atoms with Gasteiger partial charge in [0.05, 0.1) is 18.1 Å². The maximum Gasteiger partial charge on any atom is 0.274 e. The zero-order valence-electron chi connectivity index (χ0n) is 15.5. The molecule has 1 fully saturated rings. The van der Waals surface area contributed by atoms with Crippen molar-refractivity contribution in [3.8, 4) is 0 Å². The van der Waals surface area contributed by atoms with E-state index in [1.807, 2.05) is 4.90 Å². The van der Waals surface area contributed by atoms with Gasteiger partial charge in [-0.2, -0.15) is 5.10 Å². The smallest absolute Gasteiger partial charge is 0.274 e. The van der Waals surface area contributed by atoms with Crippen LogP contribution in [0, 0.1) is 18.6 Å². The van der Waals surface area contributed by atoms with Gasteiger partial charge in [-0.05, 0) is 25.1 Å². The van der Waals surface area contributed by atoms with E-state index in [1.165, 1.54) is 11.0 Å². The molecular weight excluding hydrogens is 390 g/mol. The summed E-state index contributed by atoms with van der Waals surface area (Å²) in [5.41, 5.74) is 0.668. The Morgan fingerprint density at radius 1 is 1.25 bits per heavy atom. The molecule has 10 heteroatoms. The van der Waals surface area contributed by atoms with Gasteiger partial charge in [-0.15, -0.1) is 0 Å². The first-order valence-electron chi connectivity index (χ1n) is 8.92. The highest BCUT2D eigenvalue weighted by atomic mass is 32.2. The minimum absolute atomic E-state index is 0.0709. The number of aromatic amines is 1. The average Bonchev–Trinajstić information content (AvgIpc) is 3.08. The fourth-order valence-corrected chi connectivity index (χ4v) is 4.33. The molecule has 1 saturated heterocycles. The fourth-order valence-electron chi connectivity index (χ4n) is 3.05. The van der Waals surface area contributed by atoms with Gasteiger partial charge in [-0.25, -0.2) is 17.2 Å². The first-order chi connectivity index (χ1) is 13.2. The van der Waals surface area contributed by atoms with Crippen molar-refractivity contribution in [2.24, 2.45) is 0 Å². The first-order valence-corrected chi connectivity index (χ1v) is 10.7. The van der Waals surface area contributed by atoms with Crippen LogP contribution in [0.3, 0.4) is 0 Å². The van der Waals surface area contributed by atoms with Crippen LogP contribution in [0.5, 0.6) is 0 Å². The Labute approximate surface area is 162 Å². The van der Waals surface area contributed by atoms with Crippen LogP contribution >= 0.6 is 0 Å². The molecule has 7 nitrogen and oxygen atoms in total. The average molecular weight is 412 g/mol. The lowest BCUT2D eigenvalue weighted by molar-refractivity contribution is 0.0714. The van der Waals surface area contributed by atoms with Gasteiger partial charge < -0.3 is 4.90 Å². The predicted molar refractivity (Wildman–Crippen MR) is 99.5 cm³/mol. The summed E-state index contributed by atoms with van der Waals surface area (Å²) in [6.07, 6.45) is 0. The van der Waals surface area contributed by atoms with E-state index in [1.54, 1.807) is 13.0 Å². The molecule has 1 aliphatic heterocycles. The lowest BCUT2D eigenvalue weighted by Gasteiger charge is -2.30. The molecule has 1 N–H and O–H groups in total. The number of nitrogens with zero attached hydrogens (tertiary/aromatic N) is 3. The highest BCUT2D eigenvalue weighted by molar-refractivity contribution is 7.91. The number of carbonyl (C=O) groups excluding carboxylic acids is 1. The molecular formula is C18H22F2N4O3S. The van der Waals surface area contributed by atoms with Gasteiger partial charge in [0.2, 0.25) is 0 Å². The Hall–Kier alpha value is -2.33. The van der Waals surface area contributed by atoms with Crippen molar-refractivity contribution in [2.45, 2.75) is 13.5 Å². The summed E-state index contributed by atoms with van der Waals surface area (Å²) in [5.74, 6) is -1.75. The number of sulfone groups is 1. The number of hydrogen-bond donors (Lipinski definition) is 1. The zero-order valence-corrected chi connectivity index (χ0v) is 16.3. The Morgan fingerprint density at radius 3 is 2.46 bits per heavy atom. The molecule has 0 saturated carbocycles. The third kappa shape index (κ3) is 4.93. The van der Waals surface area contributed by atoms with Gasteiger partial charge in [-0.3, -0.25) is 14.8 Å². The number of H-pyrrole nitrogens is 1. The van der Waals surface area contributed by atoms with E-state index >= 15 is 0 Å². The Bertz CT molecular complexity index is 927. The van der Waals surface area contributed by atoms with E-state index < -0.39 is 27.4 Å². The molecule has 0 unspecified atom stereocenters. The van der Waals surface area contributed by atoms with Gasteiger partial charge in [0, 0.05) is 37.4 Å². The molecule has 28 heavy (non-hydrogen) atoms. The minimum Gasteiger partial charge on any atom is -0.331 e. The van der Waals surface area contributed by atoms with Crippen LogP contribution in [-0.2, 0) is 16.4 Å². The highest BCUT2D eigenvalue weighted by Crippen LogP contribution is 2.17. The minimum atomic E-state index is -3.01. The van der Waals surface area contributed by atoms with Gasteiger partial charge in [0.1, 0.15) is 17.3 Å². The molecule has 1 aromatic heterocycles. The molecule has 0 aliphatic carbocycles. The summed E-state index contributed by atoms with van der Waals surface area (Å²) >= 11 is 0. The molecule has 2 aromatic rings. The van der Waals surface area contributed by atoms with Gasteiger partial charge in [-0.1, -0.05) is 6.07 Å². The maximum absolute atomic E-state index is 14.1. The molecule has 2 heterocycles. The van der Waals surface area contributed by atoms with Crippen LogP contribution in [0.25, 0.3) is 0 Å². The molecule has 1 amide bonds. The Morgan fingerprint density at radius 2 is 1.89 bits per heavy atom. The quantitative estimate of drug-likeness (QED) is 0.775. The third-order valence-electron chi connectivity index (χ3n) is 4.75. The van der Waals surface area contributed by atoms with Gasteiger partial charge in [0.25, 0.3) is 5.91 Å². The van der Waals surface area contributed by atoms with Crippen LogP contribution in [0.1, 0.15) is 21.7 Å². The van der Waals surface area contributed by atoms with Gasteiger partial charge in [0.15, 0.2) is 9.84 Å². The lowest BCUT2D eigenvalue weighted by Crippen LogP contribution is -2.45. The standard InChI is InChI=1S/C18H22F2N4O3S/c1-13-11-17(22-21-13)18(25)24(12-14-15(19)3-2-4-16(14)20)6-5-23-7-9-28(26,27)10-8-23/h2-4,11H,5-10,12H2,1H3,(H,21,22). The molecule has 0 bridgehead atoms. The van der Waals surface area contributed by atoms with Crippen molar-refractivity contribution in [2.75, 3.05) is 37.7 Å². The SMILES string of the molecule is Cc1cc(C(=O)N(CCN2CCS(=O)(=O)CC2)Cc2c(F)cccc2F)n[nH]1. The normalized spacial score (nSPS) is 16.8. The summed E-state index contributed by atoms with van der Waals surface area (Å²) < 4.78 is 51.3. The van der Waals surface area contributed by atoms with Crippen LogP contribution in [0.2, 0.25) is 0 Å². The summed E-state index contributed by atoms with van der Waals surface area (Å²) in [7, 11) is -3.01. The van der Waals surface area contributed by atoms with Crippen LogP contribution in [-0.4, -0.2) is 72.0 Å². The van der Waals surface area contributed by atoms with Crippen molar-refractivity contribution < 1.29 is 22.0 Å². The molecule has 0 spiro atoms. The zero-order chi connectivity index (χ0) is 20.3. The number of amides is 1. The number of aryl methyl sites for hydroxylation is 1. The maximum atomic E-state index is 14.1. The molecule has 1 aromatic carbocycles. The van der Waals surface area contributed by atoms with E-state index in [0.29, 0.717) is 25.3 Å². The number of nitrogens with one attached hydrogen (secondary N) is 1. The van der Waals surface area contributed by atoms with E-state index in [-0.39, 0.29) is 35.9 Å². The molecule has 0 radical (unpaired) electrons. The molecule has 3 rings (SSSR count). The van der Waals surface area contributed by atoms with E-state index in [2.05, 4.69) is 10.2 Å². The van der Waals surface area contributed by atoms with E-state index in [0.717, 1.165) is 12.1 Å². The van der Waals surface area contributed by atoms with E-state index in [9.17, 15) is 22.0 Å². The summed E-state index contributed by atoms with van der Waals surface area (Å²) in [5, 5.41) is 6.62. The molecule has 152 valence electrons. The first kappa shape index (κ1) is 20.4. The number of halogens is 2. The van der Waals surface area contributed by atoms with Gasteiger partial charge >= 0.3 is 0 Å². The summed E-state index contributed by atoms with van der Waals surface area (Å²) in [6, 6.07) is 5.14. The third-order valence-corrected chi connectivity index (χ3v) is 6.36. The number of aromatic nitrogens is 2. The largest absolute Gasteiger partial charge is 0.331 e. The second kappa shape index (κ2) is 8.36. The van der Waals surface area contributed by atoms with Crippen molar-refractivity contribution >= 4 is 15.7 Å². The van der Waals surface area contributed by atoms with E-state index in [4.69, 9.17) is 0 Å². The van der Waals surface area contributed by atoms with Crippen molar-refractivity contribution in [1.82, 2.24) is 20.0 Å². The lowest BCUT2D eigenvalue weighted by atomic mass is 10.1. The summed E-state index contributed by atoms with van der Waals surface area (Å²) in [6.45, 7) is 2.85. The monoisotopic (exact) mass is 412 g/mol. The second-order valence-corrected chi connectivity index (χ2v) is 9.16. The van der Waals surface area contributed by atoms with Crippen molar-refractivity contribution in [1.29, 1.82) is 0 Å². The number of rotatable bonds is 6. The second-order valence-electron chi connectivity index (χ2n) is 6.86. The number of hydrogen-bond acceptors (Lipinski definition) is 5. The van der Waals surface area contributed by atoms with Crippen molar-refractivity contribution in [3.63, 3.8) is 0 Å². The van der Waals surface area contributed by atoms with Crippen LogP contribution in [0.4, 0.5) is 8.78 Å². The number of benzene rings is 1. The van der Waals surface area contributed by atoms with Crippen LogP contribution in [0.15, 0.2) is 24.3 Å². The Kier molecular flexibility index (Phi) is 6.09. The summed E-state index contributed by atoms with van der Waals surface area (Å²) in [4.78, 5) is 16.1. The topological polar surface area (TPSA) is 86.4 Å². The number of carbonyl (C=O) groups is 1. The molecule has 1 aliphatic rings. The highest BCUT2D eigenvalue weighted by Gasteiger charge is 2.25. The van der Waals surface area contributed by atoms with Crippen LogP contribution < -0.4 is 0 Å². The predicted octanol–water partition coefficient (Wildman–Crippen LogP) is 1.37. The Balaban J connectivity index is 1.75.